The zero-order chi connectivity index (χ0) is 37.3. The molecule has 2 atom stereocenters. The molecule has 0 saturated heterocycles. The van der Waals surface area contributed by atoms with Gasteiger partial charge in [-0.1, -0.05) is 76.6 Å². The second-order valence-electron chi connectivity index (χ2n) is 14.1. The maximum atomic E-state index is 14.9. The fraction of sp³-hybridized carbons (Fsp3) is 0.400. The minimum absolute atomic E-state index is 0.000965. The summed E-state index contributed by atoms with van der Waals surface area (Å²) >= 11 is 6.44. The molecular weight excluding hydrogens is 692 g/mol. The first kappa shape index (κ1) is 37.3. The lowest BCUT2D eigenvalue weighted by Crippen LogP contribution is -2.47. The topological polar surface area (TPSA) is 141 Å². The van der Waals surface area contributed by atoms with E-state index in [9.17, 15) is 27.2 Å². The predicted molar refractivity (Wildman–Crippen MR) is 181 cm³/mol. The van der Waals surface area contributed by atoms with Crippen LogP contribution in [0.25, 0.3) is 17.1 Å². The quantitative estimate of drug-likeness (QED) is 0.121. The molecule has 0 aliphatic carbocycles. The molecule has 0 fully saturated rings. The number of guanidine groups is 1. The summed E-state index contributed by atoms with van der Waals surface area (Å²) in [5, 5.41) is 3.93. The summed E-state index contributed by atoms with van der Waals surface area (Å²) in [4.78, 5) is 46.0. The molecule has 0 saturated carbocycles. The number of hydrogen-bond donors (Lipinski definition) is 1. The van der Waals surface area contributed by atoms with Gasteiger partial charge in [0, 0.05) is 23.4 Å². The van der Waals surface area contributed by atoms with Crippen molar-refractivity contribution in [1.29, 1.82) is 0 Å². The molecular formula is C35H37ClF4N8O3. The number of aromatic nitrogens is 5. The zero-order valence-electron chi connectivity index (χ0n) is 28.5. The number of ether oxygens (including phenoxy) is 1. The van der Waals surface area contributed by atoms with E-state index in [0.29, 0.717) is 17.0 Å². The summed E-state index contributed by atoms with van der Waals surface area (Å²) in [6, 6.07) is 11.8. The third-order valence-corrected chi connectivity index (χ3v) is 8.67. The summed E-state index contributed by atoms with van der Waals surface area (Å²) in [6.45, 7) is 7.73. The molecule has 3 heterocycles. The molecule has 2 aromatic heterocycles. The van der Waals surface area contributed by atoms with Crippen molar-refractivity contribution in [3.63, 3.8) is 0 Å². The molecule has 1 aliphatic rings. The smallest absolute Gasteiger partial charge is 0.306 e. The van der Waals surface area contributed by atoms with Gasteiger partial charge >= 0.3 is 5.97 Å². The van der Waals surface area contributed by atoms with Crippen molar-refractivity contribution in [2.24, 2.45) is 21.6 Å². The number of carbonyl (C=O) groups is 2. The number of rotatable bonds is 12. The van der Waals surface area contributed by atoms with E-state index in [-0.39, 0.29) is 28.7 Å². The minimum atomic E-state index is -3.00. The number of benzene rings is 2. The van der Waals surface area contributed by atoms with Gasteiger partial charge in [0.15, 0.2) is 23.1 Å². The Hall–Kier alpha value is -4.92. The Bertz CT molecular complexity index is 1920. The molecule has 5 rings (SSSR count). The van der Waals surface area contributed by atoms with E-state index in [1.807, 2.05) is 20.8 Å². The van der Waals surface area contributed by atoms with Gasteiger partial charge in [0.1, 0.15) is 12.9 Å². The number of halogens is 5. The molecule has 51 heavy (non-hydrogen) atoms. The SMILES string of the molecule is CC(C)(C)C[C@]1(c2ccc(-c3ncccn3)cc2)N=C(N)N([C@H](COC(=O)CC(C)(C)C(F)F)c2ccc(Cl)c(-n3ncnc3C(F)F)c2)C1=O. The highest BCUT2D eigenvalue weighted by molar-refractivity contribution is 6.32. The first-order chi connectivity index (χ1) is 23.9. The Balaban J connectivity index is 1.59. The molecule has 270 valence electrons. The van der Waals surface area contributed by atoms with Crippen LogP contribution in [0.15, 0.2) is 72.2 Å². The van der Waals surface area contributed by atoms with Crippen molar-refractivity contribution in [3.8, 4) is 17.1 Å². The predicted octanol–water partition coefficient (Wildman–Crippen LogP) is 7.07. The lowest BCUT2D eigenvalue weighted by atomic mass is 9.75. The van der Waals surface area contributed by atoms with Gasteiger partial charge in [0.25, 0.3) is 12.3 Å². The normalized spacial score (nSPS) is 17.3. The van der Waals surface area contributed by atoms with Crippen LogP contribution in [0, 0.1) is 10.8 Å². The number of amides is 1. The van der Waals surface area contributed by atoms with Gasteiger partial charge in [-0.3, -0.25) is 14.5 Å². The van der Waals surface area contributed by atoms with Gasteiger partial charge in [0.2, 0.25) is 6.43 Å². The van der Waals surface area contributed by atoms with Crippen LogP contribution in [0.4, 0.5) is 17.6 Å². The maximum Gasteiger partial charge on any atom is 0.306 e. The van der Waals surface area contributed by atoms with Gasteiger partial charge in [-0.2, -0.15) is 5.10 Å². The number of carbonyl (C=O) groups excluding carboxylic acids is 2. The average Bonchev–Trinajstić information content (AvgIpc) is 3.65. The minimum Gasteiger partial charge on any atom is -0.463 e. The number of alkyl halides is 4. The summed E-state index contributed by atoms with van der Waals surface area (Å²) in [5.74, 6) is -1.91. The Labute approximate surface area is 296 Å². The highest BCUT2D eigenvalue weighted by Gasteiger charge is 2.53. The van der Waals surface area contributed by atoms with Crippen molar-refractivity contribution in [1.82, 2.24) is 29.6 Å². The fourth-order valence-electron chi connectivity index (χ4n) is 5.89. The highest BCUT2D eigenvalue weighted by atomic mass is 35.5. The fourth-order valence-corrected chi connectivity index (χ4v) is 6.09. The van der Waals surface area contributed by atoms with Crippen LogP contribution >= 0.6 is 11.6 Å². The van der Waals surface area contributed by atoms with E-state index >= 15 is 0 Å². The average molecular weight is 729 g/mol. The monoisotopic (exact) mass is 728 g/mol. The Morgan fingerprint density at radius 3 is 2.27 bits per heavy atom. The van der Waals surface area contributed by atoms with Gasteiger partial charge in [-0.15, -0.1) is 0 Å². The van der Waals surface area contributed by atoms with Crippen LogP contribution in [0.5, 0.6) is 0 Å². The summed E-state index contributed by atoms with van der Waals surface area (Å²) < 4.78 is 61.3. The number of hydrogen-bond acceptors (Lipinski definition) is 9. The molecule has 1 aliphatic heterocycles. The number of nitrogens with two attached hydrogens (primary N) is 1. The summed E-state index contributed by atoms with van der Waals surface area (Å²) in [6.07, 6.45) is -2.06. The summed E-state index contributed by atoms with van der Waals surface area (Å²) in [7, 11) is 0. The first-order valence-electron chi connectivity index (χ1n) is 15.9. The van der Waals surface area contributed by atoms with Crippen molar-refractivity contribution < 1.29 is 31.9 Å². The van der Waals surface area contributed by atoms with Gasteiger partial charge in [-0.05, 0) is 41.2 Å². The van der Waals surface area contributed by atoms with Crippen molar-refractivity contribution >= 4 is 29.4 Å². The zero-order valence-corrected chi connectivity index (χ0v) is 29.3. The maximum absolute atomic E-state index is 14.9. The largest absolute Gasteiger partial charge is 0.463 e. The van der Waals surface area contributed by atoms with Gasteiger partial charge < -0.3 is 10.5 Å². The third-order valence-electron chi connectivity index (χ3n) is 8.35. The van der Waals surface area contributed by atoms with E-state index in [4.69, 9.17) is 27.1 Å². The molecule has 2 N–H and O–H groups in total. The Morgan fingerprint density at radius 1 is 1.00 bits per heavy atom. The number of aliphatic imine (C=N–C) groups is 1. The second-order valence-corrected chi connectivity index (χ2v) is 14.5. The lowest BCUT2D eigenvalue weighted by Gasteiger charge is -2.35. The molecule has 0 unspecified atom stereocenters. The van der Waals surface area contributed by atoms with E-state index in [1.54, 1.807) is 42.7 Å². The highest BCUT2D eigenvalue weighted by Crippen LogP contribution is 2.45. The van der Waals surface area contributed by atoms with E-state index in [2.05, 4.69) is 20.1 Å². The standard InChI is InChI=1S/C35H37ClF4N8O3/c1-33(2,3)18-35(22-10-7-20(8-11-22)28-42-13-6-14-43-28)31(50)47(32(41)46-35)25(17-51-26(49)16-34(4,5)30(39)40)21-9-12-23(36)24(15-21)48-29(27(37)38)44-19-45-48/h6-15,19,25,27,30H,16-18H2,1-5H3,(H2,41,46)/t25-,35-/m1/s1. The van der Waals surface area contributed by atoms with Crippen LogP contribution in [-0.4, -0.2) is 60.5 Å². The molecule has 11 nitrogen and oxygen atoms in total. The van der Waals surface area contributed by atoms with E-state index < -0.39 is 66.0 Å². The van der Waals surface area contributed by atoms with Crippen molar-refractivity contribution in [3.05, 3.63) is 89.2 Å². The Kier molecular flexibility index (Phi) is 10.5. The van der Waals surface area contributed by atoms with Crippen LogP contribution < -0.4 is 5.73 Å². The molecule has 1 amide bonds. The van der Waals surface area contributed by atoms with Gasteiger partial charge in [0.05, 0.1) is 23.2 Å². The molecule has 2 aromatic carbocycles. The molecule has 16 heteroatoms. The van der Waals surface area contributed by atoms with Crippen LogP contribution in [0.3, 0.4) is 0 Å². The first-order valence-corrected chi connectivity index (χ1v) is 16.3. The molecule has 0 radical (unpaired) electrons. The second kappa shape index (κ2) is 14.4. The van der Waals surface area contributed by atoms with E-state index in [1.165, 1.54) is 36.9 Å². The van der Waals surface area contributed by atoms with Crippen LogP contribution in [-0.2, 0) is 19.9 Å². The van der Waals surface area contributed by atoms with Crippen molar-refractivity contribution in [2.45, 2.75) is 71.9 Å². The van der Waals surface area contributed by atoms with Gasteiger partial charge in [-0.25, -0.2) is 42.2 Å². The molecule has 0 spiro atoms. The summed E-state index contributed by atoms with van der Waals surface area (Å²) in [5.41, 5.74) is 4.34. The Morgan fingerprint density at radius 2 is 1.67 bits per heavy atom. The molecule has 0 bridgehead atoms. The lowest BCUT2D eigenvalue weighted by molar-refractivity contribution is -0.152. The number of esters is 1. The van der Waals surface area contributed by atoms with E-state index in [0.717, 1.165) is 11.0 Å². The number of nitrogens with zero attached hydrogens (tertiary/aromatic N) is 7. The van der Waals surface area contributed by atoms with Crippen molar-refractivity contribution in [2.75, 3.05) is 6.61 Å². The van der Waals surface area contributed by atoms with Crippen LogP contribution in [0.2, 0.25) is 5.02 Å². The van der Waals surface area contributed by atoms with Crippen LogP contribution in [0.1, 0.15) is 76.9 Å². The molecule has 4 aromatic rings. The third kappa shape index (κ3) is 7.87.